The molecule has 1 aromatic heterocycles. The van der Waals surface area contributed by atoms with E-state index in [0.29, 0.717) is 17.1 Å². The van der Waals surface area contributed by atoms with E-state index < -0.39 is 10.0 Å². The van der Waals surface area contributed by atoms with Gasteiger partial charge in [0, 0.05) is 31.2 Å². The second-order valence-corrected chi connectivity index (χ2v) is 10.1. The molecule has 29 heavy (non-hydrogen) atoms. The van der Waals surface area contributed by atoms with E-state index in [1.807, 2.05) is 24.8 Å². The highest BCUT2D eigenvalue weighted by molar-refractivity contribution is 7.92. The van der Waals surface area contributed by atoms with Gasteiger partial charge in [0.2, 0.25) is 10.0 Å². The molecule has 0 spiro atoms. The predicted octanol–water partition coefficient (Wildman–Crippen LogP) is 2.40. The zero-order chi connectivity index (χ0) is 20.8. The van der Waals surface area contributed by atoms with Crippen LogP contribution in [0.2, 0.25) is 0 Å². The van der Waals surface area contributed by atoms with Gasteiger partial charge >= 0.3 is 0 Å². The molecule has 9 heteroatoms. The van der Waals surface area contributed by atoms with Crippen molar-refractivity contribution in [3.8, 4) is 0 Å². The smallest absolute Gasteiger partial charge is 0.253 e. The van der Waals surface area contributed by atoms with Crippen LogP contribution in [-0.2, 0) is 10.0 Å². The largest absolute Gasteiger partial charge is 0.339 e. The number of carbonyl (C=O) groups is 1. The van der Waals surface area contributed by atoms with Crippen LogP contribution in [0.5, 0.6) is 0 Å². The lowest BCUT2D eigenvalue weighted by atomic mass is 9.98. The number of amides is 1. The SMILES string of the molecule is CC(C)n1cnc([C@H]2CN(S(C)(=O)=O)c3ccc(C(=O)N4CCCCC4)cc32)n1. The van der Waals surface area contributed by atoms with Crippen LogP contribution in [-0.4, -0.2) is 59.9 Å². The van der Waals surface area contributed by atoms with Gasteiger partial charge in [-0.15, -0.1) is 0 Å². The van der Waals surface area contributed by atoms with Crippen molar-refractivity contribution in [3.05, 3.63) is 41.5 Å². The number of aromatic nitrogens is 3. The van der Waals surface area contributed by atoms with Crippen molar-refractivity contribution in [1.82, 2.24) is 19.7 Å². The molecule has 1 atom stereocenters. The number of carbonyl (C=O) groups excluding carboxylic acids is 1. The molecule has 156 valence electrons. The monoisotopic (exact) mass is 417 g/mol. The Bertz CT molecular complexity index is 1020. The zero-order valence-electron chi connectivity index (χ0n) is 17.1. The number of benzene rings is 1. The molecule has 2 aromatic rings. The fourth-order valence-electron chi connectivity index (χ4n) is 4.07. The molecule has 0 saturated carbocycles. The molecule has 0 bridgehead atoms. The minimum atomic E-state index is -3.44. The number of piperidine rings is 1. The molecular formula is C20H27N5O3S. The summed E-state index contributed by atoms with van der Waals surface area (Å²) in [5, 5.41) is 4.56. The molecule has 2 aliphatic rings. The van der Waals surface area contributed by atoms with Crippen molar-refractivity contribution in [3.63, 3.8) is 0 Å². The van der Waals surface area contributed by atoms with Gasteiger partial charge in [-0.25, -0.2) is 13.4 Å². The summed E-state index contributed by atoms with van der Waals surface area (Å²) in [5.41, 5.74) is 1.99. The number of fused-ring (bicyclic) bond motifs is 1. The predicted molar refractivity (Wildman–Crippen MR) is 111 cm³/mol. The van der Waals surface area contributed by atoms with Gasteiger partial charge in [-0.05, 0) is 56.9 Å². The Kier molecular flexibility index (Phi) is 5.10. The summed E-state index contributed by atoms with van der Waals surface area (Å²) in [7, 11) is -3.44. The first-order valence-corrected chi connectivity index (χ1v) is 11.9. The summed E-state index contributed by atoms with van der Waals surface area (Å²) in [5.74, 6) is 0.284. The molecule has 8 nitrogen and oxygen atoms in total. The Balaban J connectivity index is 1.73. The topological polar surface area (TPSA) is 88.4 Å². The molecule has 0 radical (unpaired) electrons. The van der Waals surface area contributed by atoms with Crippen LogP contribution >= 0.6 is 0 Å². The number of likely N-dealkylation sites (tertiary alicyclic amines) is 1. The summed E-state index contributed by atoms with van der Waals surface area (Å²) in [6.45, 7) is 5.82. The first-order chi connectivity index (χ1) is 13.8. The van der Waals surface area contributed by atoms with Gasteiger partial charge in [0.05, 0.1) is 17.9 Å². The van der Waals surface area contributed by atoms with Crippen molar-refractivity contribution in [2.45, 2.75) is 45.1 Å². The summed E-state index contributed by atoms with van der Waals surface area (Å²) in [6.07, 6.45) is 6.08. The van der Waals surface area contributed by atoms with Crippen LogP contribution < -0.4 is 4.31 Å². The van der Waals surface area contributed by atoms with E-state index in [0.717, 1.165) is 37.9 Å². The van der Waals surface area contributed by atoms with Gasteiger partial charge in [-0.2, -0.15) is 5.10 Å². The molecule has 4 rings (SSSR count). The Labute approximate surface area is 171 Å². The lowest BCUT2D eigenvalue weighted by Gasteiger charge is -2.27. The molecule has 1 fully saturated rings. The second-order valence-electron chi connectivity index (χ2n) is 8.15. The van der Waals surface area contributed by atoms with E-state index >= 15 is 0 Å². The van der Waals surface area contributed by atoms with E-state index in [2.05, 4.69) is 10.1 Å². The van der Waals surface area contributed by atoms with Gasteiger partial charge in [0.15, 0.2) is 5.82 Å². The third-order valence-electron chi connectivity index (χ3n) is 5.68. The second kappa shape index (κ2) is 7.44. The normalized spacial score (nSPS) is 19.7. The molecule has 3 heterocycles. The highest BCUT2D eigenvalue weighted by Gasteiger charge is 2.37. The van der Waals surface area contributed by atoms with Gasteiger partial charge in [0.1, 0.15) is 6.33 Å². The number of sulfonamides is 1. The Morgan fingerprint density at radius 2 is 1.90 bits per heavy atom. The molecule has 0 N–H and O–H groups in total. The third kappa shape index (κ3) is 3.75. The minimum Gasteiger partial charge on any atom is -0.339 e. The average Bonchev–Trinajstić information content (AvgIpc) is 3.32. The number of hydrogen-bond acceptors (Lipinski definition) is 5. The molecule has 1 amide bonds. The molecule has 2 aliphatic heterocycles. The van der Waals surface area contributed by atoms with Crippen LogP contribution in [0.15, 0.2) is 24.5 Å². The van der Waals surface area contributed by atoms with Gasteiger partial charge in [0.25, 0.3) is 5.91 Å². The van der Waals surface area contributed by atoms with E-state index in [-0.39, 0.29) is 24.4 Å². The lowest BCUT2D eigenvalue weighted by Crippen LogP contribution is -2.35. The fraction of sp³-hybridized carbons (Fsp3) is 0.550. The molecule has 0 aliphatic carbocycles. The Morgan fingerprint density at radius 3 is 2.52 bits per heavy atom. The summed E-state index contributed by atoms with van der Waals surface area (Å²) in [4.78, 5) is 19.3. The summed E-state index contributed by atoms with van der Waals surface area (Å²) >= 11 is 0. The number of anilines is 1. The van der Waals surface area contributed by atoms with Gasteiger partial charge < -0.3 is 4.90 Å². The standard InChI is InChI=1S/C20H27N5O3S/c1-14(2)24-13-21-19(22-24)17-12-25(29(3,27)28)18-8-7-15(11-16(17)18)20(26)23-9-5-4-6-10-23/h7-8,11,13-14,17H,4-6,9-10,12H2,1-3H3/t17-/m0/s1. The lowest BCUT2D eigenvalue weighted by molar-refractivity contribution is 0.0724. The molecule has 1 saturated heterocycles. The molecule has 0 unspecified atom stereocenters. The molecule has 1 aromatic carbocycles. The fourth-order valence-corrected chi connectivity index (χ4v) is 5.01. The quantitative estimate of drug-likeness (QED) is 0.762. The van der Waals surface area contributed by atoms with E-state index in [1.54, 1.807) is 23.1 Å². The van der Waals surface area contributed by atoms with Crippen LogP contribution in [0.3, 0.4) is 0 Å². The van der Waals surface area contributed by atoms with Crippen molar-refractivity contribution >= 4 is 21.6 Å². The number of rotatable bonds is 4. The van der Waals surface area contributed by atoms with Gasteiger partial charge in [-0.1, -0.05) is 0 Å². The maximum absolute atomic E-state index is 13.0. The van der Waals surface area contributed by atoms with Crippen molar-refractivity contribution in [2.75, 3.05) is 30.2 Å². The van der Waals surface area contributed by atoms with Crippen LogP contribution in [0.4, 0.5) is 5.69 Å². The Morgan fingerprint density at radius 1 is 1.17 bits per heavy atom. The first-order valence-electron chi connectivity index (χ1n) is 10.1. The van der Waals surface area contributed by atoms with E-state index in [4.69, 9.17) is 0 Å². The van der Waals surface area contributed by atoms with Crippen molar-refractivity contribution < 1.29 is 13.2 Å². The maximum atomic E-state index is 13.0. The average molecular weight is 418 g/mol. The molecular weight excluding hydrogens is 390 g/mol. The Hall–Kier alpha value is -2.42. The third-order valence-corrected chi connectivity index (χ3v) is 6.82. The minimum absolute atomic E-state index is 0.00437. The van der Waals surface area contributed by atoms with Crippen LogP contribution in [0.25, 0.3) is 0 Å². The number of hydrogen-bond donors (Lipinski definition) is 0. The highest BCUT2D eigenvalue weighted by atomic mass is 32.2. The van der Waals surface area contributed by atoms with Crippen LogP contribution in [0, 0.1) is 0 Å². The zero-order valence-corrected chi connectivity index (χ0v) is 17.9. The van der Waals surface area contributed by atoms with Gasteiger partial charge in [-0.3, -0.25) is 13.8 Å². The summed E-state index contributed by atoms with van der Waals surface area (Å²) < 4.78 is 27.9. The summed E-state index contributed by atoms with van der Waals surface area (Å²) in [6, 6.07) is 5.47. The van der Waals surface area contributed by atoms with Crippen molar-refractivity contribution in [2.24, 2.45) is 0 Å². The highest BCUT2D eigenvalue weighted by Crippen LogP contribution is 2.41. The van der Waals surface area contributed by atoms with Crippen LogP contribution in [0.1, 0.15) is 66.8 Å². The first kappa shape index (κ1) is 19.9. The maximum Gasteiger partial charge on any atom is 0.253 e. The number of nitrogens with zero attached hydrogens (tertiary/aromatic N) is 5. The van der Waals surface area contributed by atoms with Crippen molar-refractivity contribution in [1.29, 1.82) is 0 Å². The van der Waals surface area contributed by atoms with E-state index in [9.17, 15) is 13.2 Å². The van der Waals surface area contributed by atoms with E-state index in [1.165, 1.54) is 10.6 Å².